The molecule has 32 heavy (non-hydrogen) atoms. The van der Waals surface area contributed by atoms with Crippen LogP contribution >= 0.6 is 0 Å². The van der Waals surface area contributed by atoms with Crippen molar-refractivity contribution in [1.82, 2.24) is 39.2 Å². The van der Waals surface area contributed by atoms with Crippen molar-refractivity contribution in [2.75, 3.05) is 133 Å². The largest absolute Gasteiger partial charge is 0.373 e. The first kappa shape index (κ1) is 25.1. The molecule has 0 aromatic heterocycles. The van der Waals surface area contributed by atoms with E-state index in [0.29, 0.717) is 0 Å². The summed E-state index contributed by atoms with van der Waals surface area (Å²) in [5.41, 5.74) is 0. The van der Waals surface area contributed by atoms with Crippen molar-refractivity contribution in [3.63, 3.8) is 0 Å². The maximum atomic E-state index is 2.65. The summed E-state index contributed by atoms with van der Waals surface area (Å²) >= 11 is 0. The van der Waals surface area contributed by atoms with Crippen LogP contribution in [0.3, 0.4) is 0 Å². The molecule has 0 aliphatic carbocycles. The number of rotatable bonds is 6. The fraction of sp³-hybridized carbons (Fsp3) is 0.833. The van der Waals surface area contributed by atoms with E-state index in [1.807, 2.05) is 0 Å². The lowest BCUT2D eigenvalue weighted by atomic mass is 10.3. The Morgan fingerprint density at radius 3 is 0.906 bits per heavy atom. The van der Waals surface area contributed by atoms with Crippen molar-refractivity contribution in [3.05, 3.63) is 24.8 Å². The highest BCUT2D eigenvalue weighted by Gasteiger charge is 2.17. The summed E-state index contributed by atoms with van der Waals surface area (Å²) in [5.74, 6) is 0. The van der Waals surface area contributed by atoms with Crippen LogP contribution in [-0.4, -0.2) is 172 Å². The van der Waals surface area contributed by atoms with E-state index >= 15 is 0 Å². The van der Waals surface area contributed by atoms with Crippen molar-refractivity contribution in [3.8, 4) is 0 Å². The quantitative estimate of drug-likeness (QED) is 0.556. The molecule has 0 aromatic rings. The number of hydrogen-bond donors (Lipinski definition) is 0. The highest BCUT2D eigenvalue weighted by molar-refractivity contribution is 4.92. The molecule has 6 heterocycles. The van der Waals surface area contributed by atoms with Crippen molar-refractivity contribution >= 4 is 0 Å². The summed E-state index contributed by atoms with van der Waals surface area (Å²) in [6.45, 7) is 18.1. The molecule has 0 atom stereocenters. The molecule has 6 aliphatic rings. The first-order chi connectivity index (χ1) is 15.5. The van der Waals surface area contributed by atoms with Crippen LogP contribution in [0.15, 0.2) is 24.8 Å². The molecule has 0 aromatic carbocycles. The summed E-state index contributed by atoms with van der Waals surface area (Å²) in [5, 5.41) is 0. The second-order valence-corrected chi connectivity index (χ2v) is 10.0. The van der Waals surface area contributed by atoms with Crippen LogP contribution < -0.4 is 0 Å². The zero-order valence-corrected chi connectivity index (χ0v) is 21.2. The van der Waals surface area contributed by atoms with Crippen molar-refractivity contribution in [1.29, 1.82) is 0 Å². The molecule has 0 radical (unpaired) electrons. The molecule has 8 nitrogen and oxygen atoms in total. The molecule has 0 saturated carbocycles. The van der Waals surface area contributed by atoms with E-state index in [9.17, 15) is 0 Å². The molecule has 6 aliphatic heterocycles. The lowest BCUT2D eigenvalue weighted by Crippen LogP contribution is -2.46. The first-order valence-electron chi connectivity index (χ1n) is 12.5. The van der Waals surface area contributed by atoms with Gasteiger partial charge in [0.15, 0.2) is 0 Å². The average Bonchev–Trinajstić information content (AvgIpc) is 2.78. The first-order valence-corrected chi connectivity index (χ1v) is 12.5. The van der Waals surface area contributed by atoms with Crippen LogP contribution in [0.25, 0.3) is 0 Å². The molecule has 4 bridgehead atoms. The summed E-state index contributed by atoms with van der Waals surface area (Å²) in [4.78, 5) is 19.9. The minimum absolute atomic E-state index is 1.12. The van der Waals surface area contributed by atoms with Crippen LogP contribution in [0.2, 0.25) is 0 Å². The molecular weight excluding hydrogens is 400 g/mol. The summed E-state index contributed by atoms with van der Waals surface area (Å²) < 4.78 is 0. The summed E-state index contributed by atoms with van der Waals surface area (Å²) in [6, 6.07) is 0. The van der Waals surface area contributed by atoms with Crippen LogP contribution in [0.4, 0.5) is 0 Å². The van der Waals surface area contributed by atoms with E-state index in [1.165, 1.54) is 0 Å². The normalized spacial score (nSPS) is 22.4. The topological polar surface area (TPSA) is 25.9 Å². The maximum absolute atomic E-state index is 2.65. The van der Waals surface area contributed by atoms with Gasteiger partial charge in [0, 0.05) is 130 Å². The van der Waals surface area contributed by atoms with Crippen molar-refractivity contribution in [2.45, 2.75) is 0 Å². The van der Waals surface area contributed by atoms with Crippen molar-refractivity contribution in [2.24, 2.45) is 0 Å². The number of nitrogens with zero attached hydrogens (tertiary/aromatic N) is 8. The molecule has 0 N–H and O–H groups in total. The molecule has 6 rings (SSSR count). The number of likely N-dealkylation sites (N-methyl/N-ethyl adjacent to an activating group) is 2. The Bertz CT molecular complexity index is 492. The van der Waals surface area contributed by atoms with Gasteiger partial charge in [0.2, 0.25) is 0 Å². The molecule has 184 valence electrons. The molecule has 0 spiro atoms. The average molecular weight is 449 g/mol. The van der Waals surface area contributed by atoms with E-state index < -0.39 is 0 Å². The second kappa shape index (κ2) is 13.3. The summed E-state index contributed by atoms with van der Waals surface area (Å²) in [6.07, 6.45) is 9.28. The Kier molecular flexibility index (Phi) is 10.4. The molecule has 1 saturated heterocycles. The smallest absolute Gasteiger partial charge is 0.0349 e. The van der Waals surface area contributed by atoms with Crippen LogP contribution in [0, 0.1) is 0 Å². The predicted octanol–water partition coefficient (Wildman–Crippen LogP) is -0.0952. The predicted molar refractivity (Wildman–Crippen MR) is 135 cm³/mol. The van der Waals surface area contributed by atoms with Gasteiger partial charge in [-0.15, -0.1) is 0 Å². The van der Waals surface area contributed by atoms with Gasteiger partial charge < -0.3 is 29.4 Å². The lowest BCUT2D eigenvalue weighted by Gasteiger charge is -2.37. The zero-order chi connectivity index (χ0) is 22.8. The van der Waals surface area contributed by atoms with E-state index in [-0.39, 0.29) is 0 Å². The molecule has 8 heteroatoms. The van der Waals surface area contributed by atoms with Gasteiger partial charge in [0.1, 0.15) is 0 Å². The third-order valence-electron chi connectivity index (χ3n) is 6.87. The summed E-state index contributed by atoms with van der Waals surface area (Å²) in [7, 11) is 8.70. The second-order valence-electron chi connectivity index (χ2n) is 10.0. The molecule has 0 unspecified atom stereocenters. The Morgan fingerprint density at radius 2 is 0.688 bits per heavy atom. The van der Waals surface area contributed by atoms with E-state index in [0.717, 1.165) is 105 Å². The standard InChI is InChI=1S/C24H48N8/c1-25(2)5-7-27-9-13-29-17-21-31(22-18-29)15-11-28(8-6-26(3)4)12-16-32-23-19-30(14-10-27)20-24-32/h17,19,21,23H,5-16,18,20,22,24H2,1-4H3. The fourth-order valence-corrected chi connectivity index (χ4v) is 4.37. The van der Waals surface area contributed by atoms with Gasteiger partial charge in [-0.3, -0.25) is 9.80 Å². The zero-order valence-electron chi connectivity index (χ0n) is 21.2. The van der Waals surface area contributed by atoms with Gasteiger partial charge in [-0.2, -0.15) is 0 Å². The Morgan fingerprint density at radius 1 is 0.438 bits per heavy atom. The monoisotopic (exact) mass is 448 g/mol. The maximum Gasteiger partial charge on any atom is 0.0349 e. The van der Waals surface area contributed by atoms with Gasteiger partial charge >= 0.3 is 0 Å². The Hall–Kier alpha value is -1.48. The molecular formula is C24H48N8. The van der Waals surface area contributed by atoms with Gasteiger partial charge in [-0.25, -0.2) is 0 Å². The van der Waals surface area contributed by atoms with Crippen LogP contribution in [-0.2, 0) is 0 Å². The SMILES string of the molecule is CN(C)CCN1CCN2C=CN(CC2)CCN(CCN(C)C)CCN2C=CN(CC2)CC1. The third-order valence-corrected chi connectivity index (χ3v) is 6.87. The minimum Gasteiger partial charge on any atom is -0.373 e. The van der Waals surface area contributed by atoms with Gasteiger partial charge in [-0.05, 0) is 28.2 Å². The van der Waals surface area contributed by atoms with E-state index in [2.05, 4.69) is 92.2 Å². The van der Waals surface area contributed by atoms with Crippen LogP contribution in [0.1, 0.15) is 0 Å². The third kappa shape index (κ3) is 9.17. The Labute approximate surface area is 197 Å². The lowest BCUT2D eigenvalue weighted by molar-refractivity contribution is 0.156. The van der Waals surface area contributed by atoms with Gasteiger partial charge in [-0.1, -0.05) is 0 Å². The van der Waals surface area contributed by atoms with Crippen LogP contribution in [0.5, 0.6) is 0 Å². The molecule has 1 fully saturated rings. The Balaban J connectivity index is 1.61. The highest BCUT2D eigenvalue weighted by atomic mass is 15.3. The van der Waals surface area contributed by atoms with Gasteiger partial charge in [0.25, 0.3) is 0 Å². The number of hydrogen-bond acceptors (Lipinski definition) is 8. The van der Waals surface area contributed by atoms with Crippen molar-refractivity contribution < 1.29 is 0 Å². The minimum atomic E-state index is 1.12. The molecule has 0 amide bonds. The highest BCUT2D eigenvalue weighted by Crippen LogP contribution is 2.08. The van der Waals surface area contributed by atoms with E-state index in [1.54, 1.807) is 0 Å². The van der Waals surface area contributed by atoms with Gasteiger partial charge in [0.05, 0.1) is 0 Å². The van der Waals surface area contributed by atoms with E-state index in [4.69, 9.17) is 0 Å². The fourth-order valence-electron chi connectivity index (χ4n) is 4.37.